The van der Waals surface area contributed by atoms with Crippen molar-refractivity contribution >= 4 is 17.5 Å². The number of amides is 1. The number of halogens is 1. The second-order valence-corrected chi connectivity index (χ2v) is 7.23. The van der Waals surface area contributed by atoms with E-state index in [9.17, 15) is 9.90 Å². The topological polar surface area (TPSA) is 91.2 Å². The van der Waals surface area contributed by atoms with Crippen LogP contribution in [-0.2, 0) is 15.8 Å². The van der Waals surface area contributed by atoms with Gasteiger partial charge < -0.3 is 15.3 Å². The minimum atomic E-state index is -1.93. The number of aromatic nitrogens is 3. The van der Waals surface area contributed by atoms with E-state index in [1.54, 1.807) is 31.0 Å². The Labute approximate surface area is 157 Å². The molecule has 1 aliphatic heterocycles. The average molecular weight is 376 g/mol. The predicted molar refractivity (Wildman–Crippen MR) is 97.7 cm³/mol. The summed E-state index contributed by atoms with van der Waals surface area (Å²) in [5, 5.41) is 15.4. The summed E-state index contributed by atoms with van der Waals surface area (Å²) < 4.78 is 0. The average Bonchev–Trinajstić information content (AvgIpc) is 2.68. The zero-order chi connectivity index (χ0) is 18.8. The highest BCUT2D eigenvalue weighted by atomic mass is 35.5. The van der Waals surface area contributed by atoms with Crippen LogP contribution in [0.1, 0.15) is 25.1 Å². The van der Waals surface area contributed by atoms with Gasteiger partial charge in [0, 0.05) is 56.4 Å². The predicted octanol–water partition coefficient (Wildman–Crippen LogP) is 1.12. The second kappa shape index (κ2) is 7.26. The zero-order valence-electron chi connectivity index (χ0n) is 14.8. The Bertz CT molecular complexity index is 780. The van der Waals surface area contributed by atoms with E-state index in [-0.39, 0.29) is 5.69 Å². The van der Waals surface area contributed by atoms with Crippen LogP contribution in [0.15, 0.2) is 37.1 Å². The lowest BCUT2D eigenvalue weighted by Gasteiger charge is -2.44. The lowest BCUT2D eigenvalue weighted by molar-refractivity contribution is -0.162. The highest BCUT2D eigenvalue weighted by molar-refractivity contribution is 6.31. The summed E-state index contributed by atoms with van der Waals surface area (Å²) in [5.41, 5.74) is -2.18. The molecule has 7 nitrogen and oxygen atoms in total. The Morgan fingerprint density at radius 1 is 1.19 bits per heavy atom. The van der Waals surface area contributed by atoms with Gasteiger partial charge in [-0.05, 0) is 11.6 Å². The van der Waals surface area contributed by atoms with Gasteiger partial charge in [-0.15, -0.1) is 0 Å². The van der Waals surface area contributed by atoms with Crippen LogP contribution >= 0.6 is 11.6 Å². The van der Waals surface area contributed by atoms with Gasteiger partial charge in [0.25, 0.3) is 5.91 Å². The molecule has 1 amide bonds. The third-order valence-corrected chi connectivity index (χ3v) is 5.30. The highest BCUT2D eigenvalue weighted by Crippen LogP contribution is 2.44. The largest absolute Gasteiger partial charge is 0.373 e. The maximum atomic E-state index is 13.5. The van der Waals surface area contributed by atoms with E-state index in [0.717, 1.165) is 0 Å². The van der Waals surface area contributed by atoms with E-state index < -0.39 is 16.9 Å². The molecule has 0 saturated carbocycles. The number of rotatable bonds is 4. The van der Waals surface area contributed by atoms with Crippen molar-refractivity contribution in [1.82, 2.24) is 25.2 Å². The lowest BCUT2D eigenvalue weighted by Crippen LogP contribution is -2.60. The molecular formula is C18H22ClN5O2. The molecule has 138 valence electrons. The summed E-state index contributed by atoms with van der Waals surface area (Å²) in [4.78, 5) is 27.4. The van der Waals surface area contributed by atoms with Crippen LogP contribution < -0.4 is 5.32 Å². The summed E-state index contributed by atoms with van der Waals surface area (Å²) in [6.07, 6.45) is 7.50. The van der Waals surface area contributed by atoms with Crippen molar-refractivity contribution in [1.29, 1.82) is 0 Å². The fourth-order valence-corrected chi connectivity index (χ4v) is 3.71. The summed E-state index contributed by atoms with van der Waals surface area (Å²) in [5.74, 6) is -0.405. The summed E-state index contributed by atoms with van der Waals surface area (Å²) in [6, 6.07) is 1.72. The maximum Gasteiger partial charge on any atom is 0.261 e. The molecule has 1 saturated heterocycles. The van der Waals surface area contributed by atoms with Crippen LogP contribution in [0.4, 0.5) is 0 Å². The van der Waals surface area contributed by atoms with E-state index in [4.69, 9.17) is 11.6 Å². The van der Waals surface area contributed by atoms with Gasteiger partial charge in [0.05, 0.1) is 11.2 Å². The number of nitrogens with one attached hydrogen (secondary N) is 1. The Hall–Kier alpha value is -2.09. The minimum Gasteiger partial charge on any atom is -0.373 e. The van der Waals surface area contributed by atoms with Gasteiger partial charge in [-0.1, -0.05) is 25.4 Å². The first-order valence-electron chi connectivity index (χ1n) is 8.48. The fourth-order valence-electron chi connectivity index (χ4n) is 3.36. The van der Waals surface area contributed by atoms with Crippen molar-refractivity contribution in [2.75, 3.05) is 26.2 Å². The van der Waals surface area contributed by atoms with Gasteiger partial charge in [0.15, 0.2) is 5.60 Å². The van der Waals surface area contributed by atoms with Crippen molar-refractivity contribution in [3.05, 3.63) is 53.3 Å². The van der Waals surface area contributed by atoms with Gasteiger partial charge in [0.1, 0.15) is 5.69 Å². The van der Waals surface area contributed by atoms with E-state index >= 15 is 0 Å². The third-order valence-electron chi connectivity index (χ3n) is 5.00. The number of hydrogen-bond acceptors (Lipinski definition) is 6. The summed E-state index contributed by atoms with van der Waals surface area (Å²) >= 11 is 6.35. The molecule has 0 aromatic carbocycles. The van der Waals surface area contributed by atoms with Crippen molar-refractivity contribution in [2.24, 2.45) is 0 Å². The smallest absolute Gasteiger partial charge is 0.261 e. The Kier molecular flexibility index (Phi) is 5.22. The van der Waals surface area contributed by atoms with Gasteiger partial charge >= 0.3 is 0 Å². The van der Waals surface area contributed by atoms with Crippen LogP contribution in [0.5, 0.6) is 0 Å². The number of carbonyl (C=O) groups excluding carboxylic acids is 1. The first-order valence-corrected chi connectivity index (χ1v) is 8.86. The van der Waals surface area contributed by atoms with Crippen molar-refractivity contribution < 1.29 is 9.90 Å². The second-order valence-electron chi connectivity index (χ2n) is 6.82. The molecule has 2 N–H and O–H groups in total. The SMILES string of the molecule is CC(C)(c1ccncc1Cl)C(O)(C(=O)N1CCNCC1)c1cnccn1. The monoisotopic (exact) mass is 375 g/mol. The summed E-state index contributed by atoms with van der Waals surface area (Å²) in [7, 11) is 0. The van der Waals surface area contributed by atoms with Crippen molar-refractivity contribution in [3.8, 4) is 0 Å². The maximum absolute atomic E-state index is 13.5. The number of pyridine rings is 1. The Morgan fingerprint density at radius 3 is 2.50 bits per heavy atom. The Balaban J connectivity index is 2.14. The molecule has 3 rings (SSSR count). The van der Waals surface area contributed by atoms with Crippen LogP contribution in [0, 0.1) is 0 Å². The molecule has 0 aliphatic carbocycles. The molecule has 2 aromatic heterocycles. The highest BCUT2D eigenvalue weighted by Gasteiger charge is 2.55. The van der Waals surface area contributed by atoms with E-state index in [0.29, 0.717) is 36.8 Å². The molecule has 2 aromatic rings. The van der Waals surface area contributed by atoms with Gasteiger partial charge in [-0.2, -0.15) is 0 Å². The van der Waals surface area contributed by atoms with Crippen LogP contribution in [0.2, 0.25) is 5.02 Å². The molecule has 26 heavy (non-hydrogen) atoms. The Morgan fingerprint density at radius 2 is 1.88 bits per heavy atom. The number of hydrogen-bond donors (Lipinski definition) is 2. The fraction of sp³-hybridized carbons (Fsp3) is 0.444. The van der Waals surface area contributed by atoms with E-state index in [1.807, 2.05) is 0 Å². The van der Waals surface area contributed by atoms with E-state index in [1.165, 1.54) is 24.8 Å². The van der Waals surface area contributed by atoms with Crippen molar-refractivity contribution in [3.63, 3.8) is 0 Å². The third kappa shape index (κ3) is 3.06. The minimum absolute atomic E-state index is 0.196. The number of piperazine rings is 1. The zero-order valence-corrected chi connectivity index (χ0v) is 15.6. The van der Waals surface area contributed by atoms with Gasteiger partial charge in [-0.25, -0.2) is 0 Å². The molecule has 3 heterocycles. The summed E-state index contributed by atoms with van der Waals surface area (Å²) in [6.45, 7) is 5.95. The molecule has 1 fully saturated rings. The molecule has 1 atom stereocenters. The number of nitrogens with zero attached hydrogens (tertiary/aromatic N) is 4. The quantitative estimate of drug-likeness (QED) is 0.832. The molecular weight excluding hydrogens is 354 g/mol. The molecule has 8 heteroatoms. The van der Waals surface area contributed by atoms with Crippen LogP contribution in [0.25, 0.3) is 0 Å². The number of carbonyl (C=O) groups is 1. The molecule has 1 aliphatic rings. The van der Waals surface area contributed by atoms with Crippen LogP contribution in [-0.4, -0.2) is 57.0 Å². The van der Waals surface area contributed by atoms with Crippen molar-refractivity contribution in [2.45, 2.75) is 24.9 Å². The molecule has 0 spiro atoms. The van der Waals surface area contributed by atoms with Gasteiger partial charge in [0.2, 0.25) is 0 Å². The van der Waals surface area contributed by atoms with Crippen LogP contribution in [0.3, 0.4) is 0 Å². The van der Waals surface area contributed by atoms with E-state index in [2.05, 4.69) is 20.3 Å². The molecule has 0 radical (unpaired) electrons. The standard InChI is InChI=1S/C18H22ClN5O2/c1-17(2,13-3-4-21-11-14(13)19)18(26,15-12-22-5-6-23-15)16(25)24-9-7-20-8-10-24/h3-6,11-12,20,26H,7-10H2,1-2H3. The molecule has 0 bridgehead atoms. The first-order chi connectivity index (χ1) is 12.4. The molecule has 1 unspecified atom stereocenters. The van der Waals surface area contributed by atoms with Gasteiger partial charge in [-0.3, -0.25) is 19.7 Å². The number of aliphatic hydroxyl groups is 1. The first kappa shape index (κ1) is 18.7. The normalized spacial score (nSPS) is 17.6. The lowest BCUT2D eigenvalue weighted by atomic mass is 9.67.